The molecule has 0 radical (unpaired) electrons. The molecule has 1 N–H and O–H groups in total. The molecule has 0 saturated carbocycles. The van der Waals surface area contributed by atoms with Crippen LogP contribution in [0.1, 0.15) is 43.3 Å². The molecule has 2 atom stereocenters. The molecule has 0 aliphatic rings. The third-order valence-electron chi connectivity index (χ3n) is 3.62. The first kappa shape index (κ1) is 14.7. The Hall–Kier alpha value is -0.410. The summed E-state index contributed by atoms with van der Waals surface area (Å²) in [6, 6.07) is 0.546. The van der Waals surface area contributed by atoms with Crippen molar-refractivity contribution in [2.24, 2.45) is 11.8 Å². The van der Waals surface area contributed by atoms with Gasteiger partial charge < -0.3 is 5.32 Å². The first-order chi connectivity index (χ1) is 7.95. The van der Waals surface area contributed by atoms with Crippen molar-refractivity contribution < 1.29 is 0 Å². The molecule has 0 fully saturated rings. The van der Waals surface area contributed by atoms with E-state index in [4.69, 9.17) is 0 Å². The number of aryl methyl sites for hydroxylation is 2. The van der Waals surface area contributed by atoms with Gasteiger partial charge in [0.15, 0.2) is 0 Å². The summed E-state index contributed by atoms with van der Waals surface area (Å²) in [5.41, 5.74) is 1.19. The Morgan fingerprint density at radius 3 is 2.29 bits per heavy atom. The van der Waals surface area contributed by atoms with Crippen LogP contribution in [0.15, 0.2) is 0 Å². The molecule has 0 aliphatic heterocycles. The highest BCUT2D eigenvalue weighted by Crippen LogP contribution is 2.22. The third-order valence-corrected chi connectivity index (χ3v) is 4.72. The summed E-state index contributed by atoms with van der Waals surface area (Å²) >= 11 is 1.85. The summed E-state index contributed by atoms with van der Waals surface area (Å²) in [6.45, 7) is 14.4. The first-order valence-electron chi connectivity index (χ1n) is 6.62. The third kappa shape index (κ3) is 4.07. The summed E-state index contributed by atoms with van der Waals surface area (Å²) in [4.78, 5) is 6.01. The molecule has 98 valence electrons. The lowest BCUT2D eigenvalue weighted by Gasteiger charge is -2.27. The minimum Gasteiger partial charge on any atom is -0.314 e. The Morgan fingerprint density at radius 2 is 1.88 bits per heavy atom. The van der Waals surface area contributed by atoms with Crippen molar-refractivity contribution in [3.8, 4) is 0 Å². The predicted octanol–water partition coefficient (Wildman–Crippen LogP) is 3.57. The van der Waals surface area contributed by atoms with Gasteiger partial charge in [-0.1, -0.05) is 27.7 Å². The summed E-state index contributed by atoms with van der Waals surface area (Å²) in [7, 11) is 0. The molecule has 2 unspecified atom stereocenters. The Balaban J connectivity index is 2.72. The number of likely N-dealkylation sites (N-methyl/N-ethyl adjacent to an activating group) is 1. The van der Waals surface area contributed by atoms with Gasteiger partial charge in [0.1, 0.15) is 0 Å². The van der Waals surface area contributed by atoms with Crippen LogP contribution in [0.3, 0.4) is 0 Å². The van der Waals surface area contributed by atoms with Crippen molar-refractivity contribution in [3.63, 3.8) is 0 Å². The zero-order valence-electron chi connectivity index (χ0n) is 12.0. The number of hydrogen-bond acceptors (Lipinski definition) is 3. The van der Waals surface area contributed by atoms with Crippen molar-refractivity contribution in [2.75, 3.05) is 6.54 Å². The van der Waals surface area contributed by atoms with Crippen LogP contribution in [-0.2, 0) is 6.42 Å². The van der Waals surface area contributed by atoms with Crippen LogP contribution in [0.25, 0.3) is 0 Å². The van der Waals surface area contributed by atoms with Crippen LogP contribution in [-0.4, -0.2) is 17.6 Å². The molecule has 3 heteroatoms. The van der Waals surface area contributed by atoms with Gasteiger partial charge in [0.05, 0.1) is 10.7 Å². The number of nitrogens with one attached hydrogen (secondary N) is 1. The number of rotatable bonds is 6. The fourth-order valence-corrected chi connectivity index (χ4v) is 2.98. The Kier molecular flexibility index (Phi) is 5.60. The molecule has 0 saturated heterocycles. The van der Waals surface area contributed by atoms with E-state index in [-0.39, 0.29) is 0 Å². The summed E-state index contributed by atoms with van der Waals surface area (Å²) in [6.07, 6.45) is 1.06. The monoisotopic (exact) mass is 254 g/mol. The van der Waals surface area contributed by atoms with Gasteiger partial charge in [-0.05, 0) is 32.2 Å². The maximum absolute atomic E-state index is 4.65. The average Bonchev–Trinajstić information content (AvgIpc) is 2.56. The van der Waals surface area contributed by atoms with Crippen molar-refractivity contribution in [2.45, 2.75) is 54.0 Å². The predicted molar refractivity (Wildman–Crippen MR) is 76.8 cm³/mol. The van der Waals surface area contributed by atoms with E-state index >= 15 is 0 Å². The number of hydrogen-bond donors (Lipinski definition) is 1. The maximum atomic E-state index is 4.65. The van der Waals surface area contributed by atoms with Gasteiger partial charge >= 0.3 is 0 Å². The van der Waals surface area contributed by atoms with Gasteiger partial charge in [0.2, 0.25) is 0 Å². The fourth-order valence-electron chi connectivity index (χ4n) is 1.99. The molecule has 0 spiro atoms. The second kappa shape index (κ2) is 6.50. The van der Waals surface area contributed by atoms with E-state index in [9.17, 15) is 0 Å². The minimum absolute atomic E-state index is 0.546. The Bertz CT molecular complexity index is 324. The van der Waals surface area contributed by atoms with E-state index in [1.54, 1.807) is 0 Å². The van der Waals surface area contributed by atoms with Crippen molar-refractivity contribution in [1.29, 1.82) is 0 Å². The second-order valence-corrected chi connectivity index (χ2v) is 6.51. The smallest absolute Gasteiger partial charge is 0.0946 e. The van der Waals surface area contributed by atoms with Crippen LogP contribution < -0.4 is 5.32 Å². The molecule has 1 heterocycles. The molecule has 0 aliphatic carbocycles. The van der Waals surface area contributed by atoms with Crippen LogP contribution in [0.5, 0.6) is 0 Å². The van der Waals surface area contributed by atoms with Gasteiger partial charge in [0, 0.05) is 17.3 Å². The van der Waals surface area contributed by atoms with Crippen LogP contribution in [0, 0.1) is 25.7 Å². The van der Waals surface area contributed by atoms with Gasteiger partial charge in [-0.2, -0.15) is 0 Å². The normalized spacial score (nSPS) is 15.2. The molecule has 1 rings (SSSR count). The molecule has 0 bridgehead atoms. The van der Waals surface area contributed by atoms with Gasteiger partial charge in [0.25, 0.3) is 0 Å². The maximum Gasteiger partial charge on any atom is 0.0946 e. The lowest BCUT2D eigenvalue weighted by atomic mass is 9.88. The van der Waals surface area contributed by atoms with Crippen molar-refractivity contribution in [1.82, 2.24) is 10.3 Å². The van der Waals surface area contributed by atoms with Gasteiger partial charge in [-0.25, -0.2) is 4.98 Å². The minimum atomic E-state index is 0.546. The molecular formula is C14H26N2S. The summed E-state index contributed by atoms with van der Waals surface area (Å²) in [5.74, 6) is 1.39. The average molecular weight is 254 g/mol. The molecule has 2 nitrogen and oxygen atoms in total. The highest BCUT2D eigenvalue weighted by atomic mass is 32.1. The first-order valence-corrected chi connectivity index (χ1v) is 7.43. The van der Waals surface area contributed by atoms with Crippen LogP contribution in [0.2, 0.25) is 0 Å². The highest BCUT2D eigenvalue weighted by molar-refractivity contribution is 7.11. The second-order valence-electron chi connectivity index (χ2n) is 5.22. The zero-order valence-corrected chi connectivity index (χ0v) is 12.8. The van der Waals surface area contributed by atoms with E-state index in [0.29, 0.717) is 17.9 Å². The van der Waals surface area contributed by atoms with E-state index in [2.05, 4.69) is 51.8 Å². The molecule has 17 heavy (non-hydrogen) atoms. The highest BCUT2D eigenvalue weighted by Gasteiger charge is 2.21. The fraction of sp³-hybridized carbons (Fsp3) is 0.786. The van der Waals surface area contributed by atoms with E-state index in [0.717, 1.165) is 13.0 Å². The van der Waals surface area contributed by atoms with E-state index in [1.807, 2.05) is 11.3 Å². The molecule has 0 amide bonds. The number of nitrogens with zero attached hydrogens (tertiary/aromatic N) is 1. The van der Waals surface area contributed by atoms with E-state index < -0.39 is 0 Å². The van der Waals surface area contributed by atoms with Crippen molar-refractivity contribution in [3.05, 3.63) is 15.6 Å². The topological polar surface area (TPSA) is 24.9 Å². The summed E-state index contributed by atoms with van der Waals surface area (Å²) < 4.78 is 0. The van der Waals surface area contributed by atoms with Crippen LogP contribution >= 0.6 is 11.3 Å². The van der Waals surface area contributed by atoms with E-state index in [1.165, 1.54) is 15.6 Å². The molecular weight excluding hydrogens is 228 g/mol. The summed E-state index contributed by atoms with van der Waals surface area (Å²) in [5, 5.41) is 4.88. The lowest BCUT2D eigenvalue weighted by Crippen LogP contribution is -2.38. The number of thiazole rings is 1. The molecule has 1 aromatic heterocycles. The van der Waals surface area contributed by atoms with Crippen LogP contribution in [0.4, 0.5) is 0 Å². The Labute approximate surface area is 110 Å². The van der Waals surface area contributed by atoms with Crippen molar-refractivity contribution >= 4 is 11.3 Å². The lowest BCUT2D eigenvalue weighted by molar-refractivity contribution is 0.300. The van der Waals surface area contributed by atoms with Gasteiger partial charge in [-0.15, -0.1) is 11.3 Å². The largest absolute Gasteiger partial charge is 0.314 e. The SMILES string of the molecule is CCNC(Cc1nc(C)c(C)s1)C(C)C(C)C. The molecule has 0 aromatic carbocycles. The quantitative estimate of drug-likeness (QED) is 0.839. The Morgan fingerprint density at radius 1 is 1.24 bits per heavy atom. The zero-order chi connectivity index (χ0) is 13.0. The molecule has 1 aromatic rings. The van der Waals surface area contributed by atoms with Gasteiger partial charge in [-0.3, -0.25) is 0 Å². The standard InChI is InChI=1S/C14H26N2S/c1-7-15-13(10(4)9(2)3)8-14-16-11(5)12(6)17-14/h9-10,13,15H,7-8H2,1-6H3. The number of aromatic nitrogens is 1.